The van der Waals surface area contributed by atoms with E-state index in [0.717, 1.165) is 0 Å². The zero-order chi connectivity index (χ0) is 19.4. The van der Waals surface area contributed by atoms with Gasteiger partial charge in [0.15, 0.2) is 0 Å². The number of hydrogen-bond donors (Lipinski definition) is 1. The maximum Gasteiger partial charge on any atom is 0.323 e. The van der Waals surface area contributed by atoms with Gasteiger partial charge in [-0.15, -0.1) is 0 Å². The van der Waals surface area contributed by atoms with Crippen LogP contribution in [0.3, 0.4) is 0 Å². The summed E-state index contributed by atoms with van der Waals surface area (Å²) in [5.41, 5.74) is 1.01. The van der Waals surface area contributed by atoms with Crippen molar-refractivity contribution in [3.05, 3.63) is 70.4 Å². The lowest BCUT2D eigenvalue weighted by atomic mass is 10.2. The van der Waals surface area contributed by atoms with Gasteiger partial charge in [-0.05, 0) is 41.6 Å². The number of carboxylic acids is 1. The molecule has 27 heavy (non-hydrogen) atoms. The van der Waals surface area contributed by atoms with Crippen LogP contribution in [0.1, 0.15) is 11.1 Å². The fourth-order valence-corrected chi connectivity index (χ4v) is 3.23. The SMILES string of the molecule is O=C(O)CN1C(=O)S/C(=C/c2cccc(OCc3ccccc3F)c2)C1=O. The lowest BCUT2D eigenvalue weighted by Crippen LogP contribution is -2.33. The number of carbonyl (C=O) groups is 3. The number of carboxylic acid groups (broad SMARTS) is 1. The quantitative estimate of drug-likeness (QED) is 0.764. The van der Waals surface area contributed by atoms with E-state index in [9.17, 15) is 18.8 Å². The summed E-state index contributed by atoms with van der Waals surface area (Å²) < 4.78 is 19.2. The number of aliphatic carboxylic acids is 1. The minimum Gasteiger partial charge on any atom is -0.489 e. The number of amides is 2. The highest BCUT2D eigenvalue weighted by molar-refractivity contribution is 8.18. The minimum absolute atomic E-state index is 0.0469. The number of halogens is 1. The molecule has 0 spiro atoms. The van der Waals surface area contributed by atoms with Gasteiger partial charge in [0.05, 0.1) is 4.91 Å². The first-order valence-electron chi connectivity index (χ1n) is 7.87. The van der Waals surface area contributed by atoms with Crippen molar-refractivity contribution in [3.63, 3.8) is 0 Å². The Hall–Kier alpha value is -3.13. The highest BCUT2D eigenvalue weighted by Crippen LogP contribution is 2.32. The first-order chi connectivity index (χ1) is 12.9. The lowest BCUT2D eigenvalue weighted by molar-refractivity contribution is -0.140. The third kappa shape index (κ3) is 4.53. The third-order valence-corrected chi connectivity index (χ3v) is 4.58. The normalized spacial score (nSPS) is 15.4. The highest BCUT2D eigenvalue weighted by atomic mass is 32.2. The Labute approximate surface area is 158 Å². The van der Waals surface area contributed by atoms with Crippen LogP contribution in [0.15, 0.2) is 53.4 Å². The van der Waals surface area contributed by atoms with Gasteiger partial charge in [-0.1, -0.05) is 30.3 Å². The maximum absolute atomic E-state index is 13.6. The summed E-state index contributed by atoms with van der Waals surface area (Å²) in [6.45, 7) is -0.626. The standard InChI is InChI=1S/C19H14FNO5S/c20-15-7-2-1-5-13(15)11-26-14-6-3-4-12(8-14)9-16-18(24)21(10-17(22)23)19(25)27-16/h1-9H,10-11H2,(H,22,23)/b16-9+. The Balaban J connectivity index is 1.73. The Kier molecular flexibility index (Phi) is 5.56. The van der Waals surface area contributed by atoms with Crippen LogP contribution in [0.25, 0.3) is 6.08 Å². The molecule has 6 nitrogen and oxygen atoms in total. The summed E-state index contributed by atoms with van der Waals surface area (Å²) >= 11 is 0.681. The Morgan fingerprint density at radius 2 is 1.96 bits per heavy atom. The molecule has 0 bridgehead atoms. The van der Waals surface area contributed by atoms with Crippen LogP contribution in [0.5, 0.6) is 5.75 Å². The molecule has 1 N–H and O–H groups in total. The summed E-state index contributed by atoms with van der Waals surface area (Å²) in [6.07, 6.45) is 1.49. The number of carbonyl (C=O) groups excluding carboxylic acids is 2. The molecule has 0 saturated carbocycles. The lowest BCUT2D eigenvalue weighted by Gasteiger charge is -2.08. The van der Waals surface area contributed by atoms with Gasteiger partial charge < -0.3 is 9.84 Å². The van der Waals surface area contributed by atoms with E-state index in [1.54, 1.807) is 42.5 Å². The molecular weight excluding hydrogens is 373 g/mol. The van der Waals surface area contributed by atoms with Crippen LogP contribution < -0.4 is 4.74 Å². The van der Waals surface area contributed by atoms with Gasteiger partial charge in [0.1, 0.15) is 24.7 Å². The van der Waals surface area contributed by atoms with Gasteiger partial charge in [0.2, 0.25) is 0 Å². The number of benzene rings is 2. The second kappa shape index (κ2) is 8.05. The average Bonchev–Trinajstić information content (AvgIpc) is 2.88. The molecule has 2 aromatic rings. The summed E-state index contributed by atoms with van der Waals surface area (Å²) in [6, 6.07) is 13.0. The van der Waals surface area contributed by atoms with Crippen LogP contribution in [0, 0.1) is 5.82 Å². The van der Waals surface area contributed by atoms with Crippen LogP contribution in [0.4, 0.5) is 9.18 Å². The fourth-order valence-electron chi connectivity index (χ4n) is 2.39. The van der Waals surface area contributed by atoms with Crippen LogP contribution >= 0.6 is 11.8 Å². The molecule has 8 heteroatoms. The van der Waals surface area contributed by atoms with Crippen LogP contribution in [-0.2, 0) is 16.2 Å². The van der Waals surface area contributed by atoms with Crippen molar-refractivity contribution < 1.29 is 28.6 Å². The molecule has 1 aliphatic heterocycles. The number of hydrogen-bond acceptors (Lipinski definition) is 5. The predicted octanol–water partition coefficient (Wildman–Crippen LogP) is 3.53. The second-order valence-corrected chi connectivity index (χ2v) is 6.61. The number of rotatable bonds is 6. The first-order valence-corrected chi connectivity index (χ1v) is 8.69. The molecule has 3 rings (SSSR count). The van der Waals surface area contributed by atoms with E-state index in [1.165, 1.54) is 12.1 Å². The van der Waals surface area contributed by atoms with Crippen molar-refractivity contribution in [1.82, 2.24) is 4.90 Å². The molecule has 0 aliphatic carbocycles. The number of imide groups is 1. The van der Waals surface area contributed by atoms with E-state index in [2.05, 4.69) is 0 Å². The largest absolute Gasteiger partial charge is 0.489 e. The summed E-state index contributed by atoms with van der Waals surface area (Å²) in [5, 5.41) is 8.15. The zero-order valence-corrected chi connectivity index (χ0v) is 14.7. The average molecular weight is 387 g/mol. The van der Waals surface area contributed by atoms with E-state index < -0.39 is 23.7 Å². The number of thioether (sulfide) groups is 1. The van der Waals surface area contributed by atoms with E-state index in [-0.39, 0.29) is 17.3 Å². The molecule has 2 aromatic carbocycles. The van der Waals surface area contributed by atoms with E-state index >= 15 is 0 Å². The zero-order valence-electron chi connectivity index (χ0n) is 13.9. The van der Waals surface area contributed by atoms with Gasteiger partial charge in [-0.2, -0.15) is 0 Å². The third-order valence-electron chi connectivity index (χ3n) is 3.67. The molecule has 0 atom stereocenters. The number of ether oxygens (including phenoxy) is 1. The molecule has 1 aliphatic rings. The topological polar surface area (TPSA) is 83.9 Å². The minimum atomic E-state index is -1.26. The second-order valence-electron chi connectivity index (χ2n) is 5.61. The van der Waals surface area contributed by atoms with E-state index in [4.69, 9.17) is 9.84 Å². The summed E-state index contributed by atoms with van der Waals surface area (Å²) in [7, 11) is 0. The molecule has 1 saturated heterocycles. The molecule has 0 aromatic heterocycles. The molecule has 1 heterocycles. The molecule has 2 amide bonds. The molecule has 0 unspecified atom stereocenters. The Morgan fingerprint density at radius 1 is 1.19 bits per heavy atom. The Bertz CT molecular complexity index is 943. The summed E-state index contributed by atoms with van der Waals surface area (Å²) in [4.78, 5) is 35.5. The van der Waals surface area contributed by atoms with Gasteiger partial charge in [-0.25, -0.2) is 4.39 Å². The van der Waals surface area contributed by atoms with Crippen molar-refractivity contribution in [2.24, 2.45) is 0 Å². The van der Waals surface area contributed by atoms with Crippen molar-refractivity contribution in [2.45, 2.75) is 6.61 Å². The smallest absolute Gasteiger partial charge is 0.323 e. The molecule has 1 fully saturated rings. The van der Waals surface area contributed by atoms with E-state index in [1.807, 2.05) is 0 Å². The van der Waals surface area contributed by atoms with Crippen LogP contribution in [0.2, 0.25) is 0 Å². The Morgan fingerprint density at radius 3 is 2.70 bits per heavy atom. The van der Waals surface area contributed by atoms with Gasteiger partial charge in [0, 0.05) is 5.56 Å². The van der Waals surface area contributed by atoms with Crippen LogP contribution in [-0.4, -0.2) is 33.7 Å². The van der Waals surface area contributed by atoms with Gasteiger partial charge in [-0.3, -0.25) is 19.3 Å². The number of nitrogens with zero attached hydrogens (tertiary/aromatic N) is 1. The van der Waals surface area contributed by atoms with Crippen molar-refractivity contribution in [1.29, 1.82) is 0 Å². The van der Waals surface area contributed by atoms with Gasteiger partial charge >= 0.3 is 5.97 Å². The predicted molar refractivity (Wildman–Crippen MR) is 97.5 cm³/mol. The van der Waals surface area contributed by atoms with E-state index in [0.29, 0.717) is 33.5 Å². The van der Waals surface area contributed by atoms with Crippen molar-refractivity contribution in [2.75, 3.05) is 6.54 Å². The monoisotopic (exact) mass is 387 g/mol. The fraction of sp³-hybridized carbons (Fsp3) is 0.105. The first kappa shape index (κ1) is 18.7. The maximum atomic E-state index is 13.6. The molecule has 138 valence electrons. The molecule has 0 radical (unpaired) electrons. The van der Waals surface area contributed by atoms with Gasteiger partial charge in [0.25, 0.3) is 11.1 Å². The molecular formula is C19H14FNO5S. The van der Waals surface area contributed by atoms with Crippen molar-refractivity contribution >= 4 is 35.0 Å². The van der Waals surface area contributed by atoms with Crippen molar-refractivity contribution in [3.8, 4) is 5.75 Å². The summed E-state index contributed by atoms with van der Waals surface area (Å²) in [5.74, 6) is -1.80. The highest BCUT2D eigenvalue weighted by Gasteiger charge is 2.36.